The molecule has 1 aromatic carbocycles. The predicted molar refractivity (Wildman–Crippen MR) is 55.9 cm³/mol. The topological polar surface area (TPSA) is 9.23 Å². The molecule has 1 nitrogen and oxygen atoms in total. The average Bonchev–Trinajstić information content (AvgIpc) is 2.07. The van der Waals surface area contributed by atoms with Crippen LogP contribution in [-0.2, 0) is 0 Å². The highest BCUT2D eigenvalue weighted by molar-refractivity contribution is 5.24. The van der Waals surface area contributed by atoms with Crippen LogP contribution in [0.2, 0.25) is 0 Å². The lowest BCUT2D eigenvalue weighted by atomic mass is 10.2. The fourth-order valence-electron chi connectivity index (χ4n) is 1.24. The van der Waals surface area contributed by atoms with Crippen LogP contribution in [0.3, 0.4) is 0 Å². The van der Waals surface area contributed by atoms with Gasteiger partial charge in [-0.1, -0.05) is 17.7 Å². The number of para-hydroxylation sites is 1. The number of rotatable bonds is 3. The summed E-state index contributed by atoms with van der Waals surface area (Å²) in [4.78, 5) is 0. The Morgan fingerprint density at radius 1 is 1.36 bits per heavy atom. The molecule has 1 aromatic rings. The van der Waals surface area contributed by atoms with Crippen LogP contribution in [0.4, 0.5) is 4.39 Å². The van der Waals surface area contributed by atoms with Gasteiger partial charge in [0.2, 0.25) is 0 Å². The quantitative estimate of drug-likeness (QED) is 0.668. The molecule has 0 saturated heterocycles. The molecule has 0 N–H and O–H groups in total. The summed E-state index contributed by atoms with van der Waals surface area (Å²) >= 11 is 0. The van der Waals surface area contributed by atoms with Crippen molar-refractivity contribution in [1.29, 1.82) is 0 Å². The molecule has 1 rings (SSSR count). The molecule has 1 atom stereocenters. The molecule has 0 aliphatic rings. The van der Waals surface area contributed by atoms with Crippen LogP contribution in [0.1, 0.15) is 20.8 Å². The molecule has 76 valence electrons. The number of ether oxygens (including phenoxy) is 1. The lowest BCUT2D eigenvalue weighted by molar-refractivity contribution is 0.256. The van der Waals surface area contributed by atoms with E-state index in [1.807, 2.05) is 26.8 Å². The molecule has 0 amide bonds. The fraction of sp³-hybridized carbons (Fsp3) is 0.333. The summed E-state index contributed by atoms with van der Waals surface area (Å²) < 4.78 is 18.5. The van der Waals surface area contributed by atoms with Gasteiger partial charge in [0, 0.05) is 0 Å². The Morgan fingerprint density at radius 2 is 2.00 bits per heavy atom. The van der Waals surface area contributed by atoms with Gasteiger partial charge in [-0.3, -0.25) is 0 Å². The van der Waals surface area contributed by atoms with Gasteiger partial charge in [0.25, 0.3) is 0 Å². The molecule has 1 unspecified atom stereocenters. The van der Waals surface area contributed by atoms with E-state index in [0.717, 1.165) is 5.57 Å². The summed E-state index contributed by atoms with van der Waals surface area (Å²) in [5.41, 5.74) is 1.16. The van der Waals surface area contributed by atoms with E-state index in [0.29, 0.717) is 5.75 Å². The molecule has 0 aliphatic heterocycles. The minimum absolute atomic E-state index is 0.100. The minimum atomic E-state index is -0.318. The van der Waals surface area contributed by atoms with E-state index in [1.165, 1.54) is 6.07 Å². The number of hydrogen-bond acceptors (Lipinski definition) is 1. The zero-order valence-electron chi connectivity index (χ0n) is 8.75. The van der Waals surface area contributed by atoms with Crippen molar-refractivity contribution in [1.82, 2.24) is 0 Å². The van der Waals surface area contributed by atoms with Crippen LogP contribution in [0.25, 0.3) is 0 Å². The molecular formula is C12H15FO. The van der Waals surface area contributed by atoms with Crippen LogP contribution < -0.4 is 4.74 Å². The molecular weight excluding hydrogens is 179 g/mol. The Kier molecular flexibility index (Phi) is 3.69. The molecule has 0 saturated carbocycles. The van der Waals surface area contributed by atoms with Gasteiger partial charge in [-0.25, -0.2) is 4.39 Å². The van der Waals surface area contributed by atoms with E-state index in [9.17, 15) is 4.39 Å². The smallest absolute Gasteiger partial charge is 0.165 e. The summed E-state index contributed by atoms with van der Waals surface area (Å²) in [5, 5.41) is 0. The van der Waals surface area contributed by atoms with Crippen molar-refractivity contribution < 1.29 is 9.13 Å². The molecule has 0 spiro atoms. The highest BCUT2D eigenvalue weighted by Gasteiger charge is 2.04. The second-order valence-electron chi connectivity index (χ2n) is 3.50. The second-order valence-corrected chi connectivity index (χ2v) is 3.50. The fourth-order valence-corrected chi connectivity index (χ4v) is 1.24. The predicted octanol–water partition coefficient (Wildman–Crippen LogP) is 3.56. The number of halogens is 1. The van der Waals surface area contributed by atoms with Crippen molar-refractivity contribution in [3.63, 3.8) is 0 Å². The Hall–Kier alpha value is -1.31. The summed E-state index contributed by atoms with van der Waals surface area (Å²) in [6, 6.07) is 6.43. The van der Waals surface area contributed by atoms with Crippen molar-refractivity contribution in [2.75, 3.05) is 0 Å². The minimum Gasteiger partial charge on any atom is -0.484 e. The number of allylic oxidation sites excluding steroid dienone is 1. The van der Waals surface area contributed by atoms with Gasteiger partial charge in [0.05, 0.1) is 0 Å². The average molecular weight is 194 g/mol. The van der Waals surface area contributed by atoms with Crippen LogP contribution in [0, 0.1) is 5.82 Å². The molecule has 0 radical (unpaired) electrons. The van der Waals surface area contributed by atoms with Crippen molar-refractivity contribution >= 4 is 0 Å². The summed E-state index contributed by atoms with van der Waals surface area (Å²) in [6.45, 7) is 5.86. The SMILES string of the molecule is CC(C)=CC(C)Oc1ccccc1F. The standard InChI is InChI=1S/C12H15FO/c1-9(2)8-10(3)14-12-7-5-4-6-11(12)13/h4-8,10H,1-3H3. The van der Waals surface area contributed by atoms with E-state index in [4.69, 9.17) is 4.74 Å². The van der Waals surface area contributed by atoms with Gasteiger partial charge in [-0.15, -0.1) is 0 Å². The first-order valence-corrected chi connectivity index (χ1v) is 4.66. The highest BCUT2D eigenvalue weighted by atomic mass is 19.1. The van der Waals surface area contributed by atoms with Gasteiger partial charge in [-0.2, -0.15) is 0 Å². The van der Waals surface area contributed by atoms with Gasteiger partial charge >= 0.3 is 0 Å². The molecule has 0 heterocycles. The Labute approximate surface area is 84.2 Å². The van der Waals surface area contributed by atoms with Gasteiger partial charge < -0.3 is 4.74 Å². The van der Waals surface area contributed by atoms with Gasteiger partial charge in [0.1, 0.15) is 6.10 Å². The van der Waals surface area contributed by atoms with Crippen molar-refractivity contribution in [2.45, 2.75) is 26.9 Å². The lowest BCUT2D eigenvalue weighted by Gasteiger charge is -2.11. The maximum absolute atomic E-state index is 13.1. The van der Waals surface area contributed by atoms with E-state index >= 15 is 0 Å². The van der Waals surface area contributed by atoms with E-state index in [-0.39, 0.29) is 11.9 Å². The maximum atomic E-state index is 13.1. The van der Waals surface area contributed by atoms with Crippen LogP contribution >= 0.6 is 0 Å². The summed E-state index contributed by atoms with van der Waals surface area (Å²) in [5.74, 6) is -0.0148. The zero-order chi connectivity index (χ0) is 10.6. The first kappa shape index (κ1) is 10.8. The molecule has 0 aromatic heterocycles. The van der Waals surface area contributed by atoms with Gasteiger partial charge in [0.15, 0.2) is 11.6 Å². The Morgan fingerprint density at radius 3 is 2.57 bits per heavy atom. The van der Waals surface area contributed by atoms with Crippen LogP contribution in [0.15, 0.2) is 35.9 Å². The summed E-state index contributed by atoms with van der Waals surface area (Å²) in [7, 11) is 0. The Bertz CT molecular complexity index is 327. The van der Waals surface area contributed by atoms with Crippen molar-refractivity contribution in [3.8, 4) is 5.75 Å². The monoisotopic (exact) mass is 194 g/mol. The first-order chi connectivity index (χ1) is 6.59. The zero-order valence-corrected chi connectivity index (χ0v) is 8.75. The maximum Gasteiger partial charge on any atom is 0.165 e. The van der Waals surface area contributed by atoms with Crippen LogP contribution in [-0.4, -0.2) is 6.10 Å². The molecule has 0 fully saturated rings. The van der Waals surface area contributed by atoms with E-state index in [2.05, 4.69) is 0 Å². The van der Waals surface area contributed by atoms with E-state index in [1.54, 1.807) is 18.2 Å². The Balaban J connectivity index is 2.70. The van der Waals surface area contributed by atoms with Gasteiger partial charge in [-0.05, 0) is 39.0 Å². The third kappa shape index (κ3) is 3.21. The molecule has 2 heteroatoms. The van der Waals surface area contributed by atoms with E-state index < -0.39 is 0 Å². The largest absolute Gasteiger partial charge is 0.484 e. The molecule has 14 heavy (non-hydrogen) atoms. The van der Waals surface area contributed by atoms with Crippen molar-refractivity contribution in [3.05, 3.63) is 41.7 Å². The molecule has 0 aliphatic carbocycles. The number of hydrogen-bond donors (Lipinski definition) is 0. The lowest BCUT2D eigenvalue weighted by Crippen LogP contribution is -2.09. The normalized spacial score (nSPS) is 12.0. The van der Waals surface area contributed by atoms with Crippen LogP contribution in [0.5, 0.6) is 5.75 Å². The second kappa shape index (κ2) is 4.80. The number of benzene rings is 1. The summed E-state index contributed by atoms with van der Waals surface area (Å²) in [6.07, 6.45) is 1.85. The third-order valence-corrected chi connectivity index (χ3v) is 1.72. The first-order valence-electron chi connectivity index (χ1n) is 4.66. The highest BCUT2D eigenvalue weighted by Crippen LogP contribution is 2.17. The molecule has 0 bridgehead atoms. The third-order valence-electron chi connectivity index (χ3n) is 1.72. The van der Waals surface area contributed by atoms with Crippen molar-refractivity contribution in [2.24, 2.45) is 0 Å².